The molecule has 0 bridgehead atoms. The van der Waals surface area contributed by atoms with Gasteiger partial charge in [-0.05, 0) is 31.3 Å². The molecule has 0 aromatic heterocycles. The number of aliphatic carboxylic acids is 1. The molecule has 0 heterocycles. The fourth-order valence-corrected chi connectivity index (χ4v) is 2.35. The zero-order chi connectivity index (χ0) is 15.1. The summed E-state index contributed by atoms with van der Waals surface area (Å²) >= 11 is 3.23. The fourth-order valence-electron chi connectivity index (χ4n) is 1.97. The van der Waals surface area contributed by atoms with E-state index in [4.69, 9.17) is 0 Å². The summed E-state index contributed by atoms with van der Waals surface area (Å²) in [7, 11) is 0. The van der Waals surface area contributed by atoms with Crippen molar-refractivity contribution in [3.8, 4) is 0 Å². The highest BCUT2D eigenvalue weighted by Crippen LogP contribution is 2.22. The topological polar surface area (TPSA) is 52.6 Å². The molecule has 0 saturated heterocycles. The van der Waals surface area contributed by atoms with Crippen LogP contribution in [0.5, 0.6) is 0 Å². The fraction of sp³-hybridized carbons (Fsp3) is 0.500. The number of nitrogens with zero attached hydrogens (tertiary/aromatic N) is 1. The molecule has 0 aliphatic heterocycles. The number of hydrogen-bond acceptors (Lipinski definition) is 3. The number of halogens is 2. The van der Waals surface area contributed by atoms with Gasteiger partial charge in [-0.15, -0.1) is 0 Å². The second-order valence-corrected chi connectivity index (χ2v) is 5.33. The lowest BCUT2D eigenvalue weighted by atomic mass is 10.1. The Morgan fingerprint density at radius 2 is 2.10 bits per heavy atom. The Morgan fingerprint density at radius 3 is 2.65 bits per heavy atom. The number of carboxylic acid groups (broad SMARTS) is 1. The monoisotopic (exact) mass is 346 g/mol. The zero-order valence-corrected chi connectivity index (χ0v) is 13.3. The van der Waals surface area contributed by atoms with Gasteiger partial charge in [0.25, 0.3) is 0 Å². The first-order valence-electron chi connectivity index (χ1n) is 6.63. The van der Waals surface area contributed by atoms with Crippen molar-refractivity contribution in [3.63, 3.8) is 0 Å². The second kappa shape index (κ2) is 8.34. The predicted molar refractivity (Wildman–Crippen MR) is 80.3 cm³/mol. The van der Waals surface area contributed by atoms with Gasteiger partial charge in [0.15, 0.2) is 0 Å². The summed E-state index contributed by atoms with van der Waals surface area (Å²) in [5, 5.41) is 12.2. The van der Waals surface area contributed by atoms with Crippen LogP contribution in [0.3, 0.4) is 0 Å². The Hall–Kier alpha value is -0.980. The number of rotatable bonds is 8. The quantitative estimate of drug-likeness (QED) is 0.759. The molecule has 0 aliphatic carbocycles. The van der Waals surface area contributed by atoms with Crippen LogP contribution in [0.15, 0.2) is 22.7 Å². The van der Waals surface area contributed by atoms with Gasteiger partial charge < -0.3 is 10.0 Å². The average Bonchev–Trinajstić information content (AvgIpc) is 2.42. The van der Waals surface area contributed by atoms with E-state index < -0.39 is 17.8 Å². The van der Waals surface area contributed by atoms with Crippen LogP contribution in [0.4, 0.5) is 4.39 Å². The molecule has 112 valence electrons. The Kier molecular flexibility index (Phi) is 7.12. The number of benzene rings is 1. The summed E-state index contributed by atoms with van der Waals surface area (Å²) in [4.78, 5) is 13.5. The number of carboxylic acids is 1. The van der Waals surface area contributed by atoms with Crippen LogP contribution in [0.1, 0.15) is 25.5 Å². The molecule has 4 nitrogen and oxygen atoms in total. The van der Waals surface area contributed by atoms with Gasteiger partial charge in [0.2, 0.25) is 0 Å². The van der Waals surface area contributed by atoms with E-state index in [1.165, 1.54) is 12.1 Å². The van der Waals surface area contributed by atoms with Crippen molar-refractivity contribution < 1.29 is 14.3 Å². The Labute approximate surface area is 127 Å². The number of hydrogen-bond donors (Lipinski definition) is 2. The predicted octanol–water partition coefficient (Wildman–Crippen LogP) is 2.65. The maximum atomic E-state index is 13.8. The minimum absolute atomic E-state index is 0.145. The summed E-state index contributed by atoms with van der Waals surface area (Å²) in [5.41, 5.74) is 0.145. The third-order valence-electron chi connectivity index (χ3n) is 3.19. The van der Waals surface area contributed by atoms with Gasteiger partial charge in [0.05, 0.1) is 0 Å². The standard InChI is InChI=1S/C14H20BrFN2O2/c1-3-18(4-2)8-7-17-13(14(19)20)11-9-10(15)5-6-12(11)16/h5-6,9,13,17H,3-4,7-8H2,1-2H3,(H,19,20). The van der Waals surface area contributed by atoms with Crippen molar-refractivity contribution in [2.45, 2.75) is 19.9 Å². The number of carbonyl (C=O) groups is 1. The largest absolute Gasteiger partial charge is 0.480 e. The lowest BCUT2D eigenvalue weighted by Gasteiger charge is -2.21. The van der Waals surface area contributed by atoms with E-state index in [0.717, 1.165) is 19.6 Å². The van der Waals surface area contributed by atoms with Gasteiger partial charge in [-0.25, -0.2) is 4.39 Å². The molecule has 6 heteroatoms. The lowest BCUT2D eigenvalue weighted by molar-refractivity contribution is -0.139. The van der Waals surface area contributed by atoms with Crippen molar-refractivity contribution in [3.05, 3.63) is 34.1 Å². The van der Waals surface area contributed by atoms with E-state index >= 15 is 0 Å². The van der Waals surface area contributed by atoms with Crippen LogP contribution in [-0.4, -0.2) is 42.2 Å². The van der Waals surface area contributed by atoms with E-state index in [9.17, 15) is 14.3 Å². The Bertz CT molecular complexity index is 453. The molecule has 0 spiro atoms. The molecular weight excluding hydrogens is 327 g/mol. The van der Waals surface area contributed by atoms with Crippen molar-refractivity contribution in [1.29, 1.82) is 0 Å². The van der Waals surface area contributed by atoms with Crippen LogP contribution in [0.25, 0.3) is 0 Å². The smallest absolute Gasteiger partial charge is 0.325 e. The van der Waals surface area contributed by atoms with E-state index in [-0.39, 0.29) is 5.56 Å². The van der Waals surface area contributed by atoms with Gasteiger partial charge in [-0.1, -0.05) is 29.8 Å². The maximum Gasteiger partial charge on any atom is 0.325 e. The number of likely N-dealkylation sites (N-methyl/N-ethyl adjacent to an activating group) is 1. The summed E-state index contributed by atoms with van der Waals surface area (Å²) in [5.74, 6) is -1.60. The Balaban J connectivity index is 2.75. The average molecular weight is 347 g/mol. The molecule has 1 aromatic carbocycles. The summed E-state index contributed by atoms with van der Waals surface area (Å²) in [6.45, 7) is 7.12. The van der Waals surface area contributed by atoms with E-state index in [0.29, 0.717) is 11.0 Å². The SMILES string of the molecule is CCN(CC)CCNC(C(=O)O)c1cc(Br)ccc1F. The third-order valence-corrected chi connectivity index (χ3v) is 3.68. The molecule has 0 amide bonds. The van der Waals surface area contributed by atoms with Gasteiger partial charge in [-0.2, -0.15) is 0 Å². The summed E-state index contributed by atoms with van der Waals surface area (Å²) < 4.78 is 14.4. The van der Waals surface area contributed by atoms with Crippen LogP contribution >= 0.6 is 15.9 Å². The number of nitrogens with one attached hydrogen (secondary N) is 1. The normalized spacial score (nSPS) is 12.7. The first-order chi connectivity index (χ1) is 9.49. The Morgan fingerprint density at radius 1 is 1.45 bits per heavy atom. The van der Waals surface area contributed by atoms with Crippen LogP contribution in [0, 0.1) is 5.82 Å². The molecule has 0 aliphatic rings. The van der Waals surface area contributed by atoms with Crippen molar-refractivity contribution in [2.75, 3.05) is 26.2 Å². The molecule has 0 saturated carbocycles. The van der Waals surface area contributed by atoms with Crippen molar-refractivity contribution in [1.82, 2.24) is 10.2 Å². The lowest BCUT2D eigenvalue weighted by Crippen LogP contribution is -2.36. The first-order valence-corrected chi connectivity index (χ1v) is 7.42. The minimum atomic E-state index is -1.08. The highest BCUT2D eigenvalue weighted by molar-refractivity contribution is 9.10. The third kappa shape index (κ3) is 4.85. The maximum absolute atomic E-state index is 13.8. The van der Waals surface area contributed by atoms with Gasteiger partial charge in [0.1, 0.15) is 11.9 Å². The van der Waals surface area contributed by atoms with Crippen molar-refractivity contribution >= 4 is 21.9 Å². The summed E-state index contributed by atoms with van der Waals surface area (Å²) in [6.07, 6.45) is 0. The highest BCUT2D eigenvalue weighted by atomic mass is 79.9. The van der Waals surface area contributed by atoms with Crippen LogP contribution < -0.4 is 5.32 Å². The van der Waals surface area contributed by atoms with E-state index in [2.05, 4.69) is 26.1 Å². The molecule has 1 aromatic rings. The second-order valence-electron chi connectivity index (χ2n) is 4.42. The van der Waals surface area contributed by atoms with Crippen LogP contribution in [0.2, 0.25) is 0 Å². The van der Waals surface area contributed by atoms with Crippen LogP contribution in [-0.2, 0) is 4.79 Å². The van der Waals surface area contributed by atoms with Gasteiger partial charge in [0, 0.05) is 23.1 Å². The molecule has 1 rings (SSSR count). The molecule has 1 atom stereocenters. The molecule has 20 heavy (non-hydrogen) atoms. The molecule has 1 unspecified atom stereocenters. The van der Waals surface area contributed by atoms with Gasteiger partial charge >= 0.3 is 5.97 Å². The molecule has 0 fully saturated rings. The molecule has 0 radical (unpaired) electrons. The van der Waals surface area contributed by atoms with E-state index in [1.807, 2.05) is 13.8 Å². The summed E-state index contributed by atoms with van der Waals surface area (Å²) in [6, 6.07) is 3.27. The van der Waals surface area contributed by atoms with E-state index in [1.54, 1.807) is 6.07 Å². The highest BCUT2D eigenvalue weighted by Gasteiger charge is 2.22. The molecule has 2 N–H and O–H groups in total. The first kappa shape index (κ1) is 17.1. The molecular formula is C14H20BrFN2O2. The van der Waals surface area contributed by atoms with Crippen molar-refractivity contribution in [2.24, 2.45) is 0 Å². The zero-order valence-electron chi connectivity index (χ0n) is 11.7. The van der Waals surface area contributed by atoms with Gasteiger partial charge in [-0.3, -0.25) is 10.1 Å². The minimum Gasteiger partial charge on any atom is -0.480 e.